The van der Waals surface area contributed by atoms with Crippen LogP contribution in [0.3, 0.4) is 0 Å². The molecule has 158 valence electrons. The molecule has 30 heavy (non-hydrogen) atoms. The van der Waals surface area contributed by atoms with Crippen LogP contribution in [0, 0.1) is 6.92 Å². The Kier molecular flexibility index (Phi) is 5.97. The molecule has 0 unspecified atom stereocenters. The van der Waals surface area contributed by atoms with Crippen molar-refractivity contribution in [2.75, 3.05) is 12.4 Å². The van der Waals surface area contributed by atoms with Crippen LogP contribution in [-0.4, -0.2) is 35.8 Å². The standard InChI is InChI=1S/C20H18F3N3O3S/c1-12-7-6-10-14-16(12)24-18(30-14)26-19(17(28)29-2,20(21,22)23)25-15(27)11-13-8-4-3-5-9-13/h3-10H,11H2,1-2H3,(H,24,26)(H,25,27)/t19-/m0/s1. The fourth-order valence-electron chi connectivity index (χ4n) is 2.88. The molecule has 0 radical (unpaired) electrons. The molecule has 0 fully saturated rings. The van der Waals surface area contributed by atoms with Crippen LogP contribution < -0.4 is 10.6 Å². The second kappa shape index (κ2) is 8.31. The van der Waals surface area contributed by atoms with Gasteiger partial charge in [0.2, 0.25) is 5.91 Å². The Morgan fingerprint density at radius 2 is 1.80 bits per heavy atom. The van der Waals surface area contributed by atoms with Crippen LogP contribution in [0.25, 0.3) is 10.2 Å². The molecule has 0 aliphatic rings. The van der Waals surface area contributed by atoms with E-state index in [9.17, 15) is 22.8 Å². The van der Waals surface area contributed by atoms with E-state index >= 15 is 0 Å². The SMILES string of the molecule is COC(=O)[C@](NC(=O)Cc1ccccc1)(Nc1nc2c(C)cccc2s1)C(F)(F)F. The van der Waals surface area contributed by atoms with E-state index in [-0.39, 0.29) is 11.6 Å². The number of carbonyl (C=O) groups is 2. The van der Waals surface area contributed by atoms with Crippen molar-refractivity contribution in [1.82, 2.24) is 10.3 Å². The zero-order chi connectivity index (χ0) is 21.9. The Labute approximate surface area is 174 Å². The van der Waals surface area contributed by atoms with Crippen LogP contribution in [0.1, 0.15) is 11.1 Å². The molecular weight excluding hydrogens is 419 g/mol. The Balaban J connectivity index is 1.98. The summed E-state index contributed by atoms with van der Waals surface area (Å²) in [4.78, 5) is 28.9. The van der Waals surface area contributed by atoms with Gasteiger partial charge in [0.1, 0.15) is 0 Å². The lowest BCUT2D eigenvalue weighted by Crippen LogP contribution is -2.69. The zero-order valence-corrected chi connectivity index (χ0v) is 16.9. The number of ether oxygens (including phenoxy) is 1. The van der Waals surface area contributed by atoms with Gasteiger partial charge in [-0.25, -0.2) is 9.78 Å². The molecule has 0 saturated carbocycles. The van der Waals surface area contributed by atoms with E-state index in [2.05, 4.69) is 15.0 Å². The van der Waals surface area contributed by atoms with E-state index in [0.29, 0.717) is 15.8 Å². The van der Waals surface area contributed by atoms with E-state index in [4.69, 9.17) is 0 Å². The first kappa shape index (κ1) is 21.6. The van der Waals surface area contributed by atoms with Crippen LogP contribution in [0.4, 0.5) is 18.3 Å². The number of aromatic nitrogens is 1. The topological polar surface area (TPSA) is 80.3 Å². The number of nitrogens with one attached hydrogen (secondary N) is 2. The summed E-state index contributed by atoms with van der Waals surface area (Å²) < 4.78 is 47.4. The molecule has 2 N–H and O–H groups in total. The van der Waals surface area contributed by atoms with Gasteiger partial charge in [-0.1, -0.05) is 53.8 Å². The first-order chi connectivity index (χ1) is 14.2. The number of nitrogens with zero attached hydrogens (tertiary/aromatic N) is 1. The van der Waals surface area contributed by atoms with Gasteiger partial charge < -0.3 is 15.4 Å². The number of halogens is 3. The monoisotopic (exact) mass is 437 g/mol. The number of thiazole rings is 1. The molecule has 0 bridgehead atoms. The van der Waals surface area contributed by atoms with Gasteiger partial charge in [-0.15, -0.1) is 0 Å². The quantitative estimate of drug-likeness (QED) is 0.453. The molecule has 1 amide bonds. The molecule has 0 spiro atoms. The number of fused-ring (bicyclic) bond motifs is 1. The summed E-state index contributed by atoms with van der Waals surface area (Å²) in [7, 11) is 0.816. The fourth-order valence-corrected chi connectivity index (χ4v) is 3.88. The number of benzene rings is 2. The van der Waals surface area contributed by atoms with Gasteiger partial charge in [0.05, 0.1) is 23.7 Å². The van der Waals surface area contributed by atoms with Crippen LogP contribution in [-0.2, 0) is 20.7 Å². The van der Waals surface area contributed by atoms with E-state index in [0.717, 1.165) is 24.0 Å². The summed E-state index contributed by atoms with van der Waals surface area (Å²) in [6.07, 6.45) is -5.56. The molecule has 3 aromatic rings. The number of amides is 1. The maximum Gasteiger partial charge on any atom is 0.442 e. The molecule has 3 rings (SSSR count). The predicted octanol–water partition coefficient (Wildman–Crippen LogP) is 3.81. The maximum atomic E-state index is 14.1. The van der Waals surface area contributed by atoms with Crippen molar-refractivity contribution in [2.45, 2.75) is 25.2 Å². The summed E-state index contributed by atoms with van der Waals surface area (Å²) in [5.41, 5.74) is -1.73. The lowest BCUT2D eigenvalue weighted by molar-refractivity contribution is -0.206. The lowest BCUT2D eigenvalue weighted by atomic mass is 10.1. The third-order valence-electron chi connectivity index (χ3n) is 4.37. The average Bonchev–Trinajstić information content (AvgIpc) is 3.10. The smallest absolute Gasteiger partial charge is 0.442 e. The molecule has 6 nitrogen and oxygen atoms in total. The number of hydrogen-bond donors (Lipinski definition) is 2. The lowest BCUT2D eigenvalue weighted by Gasteiger charge is -2.34. The second-order valence-corrected chi connectivity index (χ2v) is 7.55. The highest BCUT2D eigenvalue weighted by Gasteiger charge is 2.63. The summed E-state index contributed by atoms with van der Waals surface area (Å²) in [5.74, 6) is -2.71. The van der Waals surface area contributed by atoms with E-state index in [1.807, 2.05) is 0 Å². The van der Waals surface area contributed by atoms with Crippen molar-refractivity contribution in [1.29, 1.82) is 0 Å². The largest absolute Gasteiger partial charge is 0.466 e. The predicted molar refractivity (Wildman–Crippen MR) is 107 cm³/mol. The molecular formula is C20H18F3N3O3S. The first-order valence-corrected chi connectivity index (χ1v) is 9.62. The van der Waals surface area contributed by atoms with Gasteiger partial charge in [-0.05, 0) is 24.1 Å². The summed E-state index contributed by atoms with van der Waals surface area (Å²) in [5, 5.41) is 3.71. The second-order valence-electron chi connectivity index (χ2n) is 6.52. The van der Waals surface area contributed by atoms with E-state index < -0.39 is 23.7 Å². The molecule has 0 aliphatic heterocycles. The normalized spacial score (nSPS) is 13.5. The minimum absolute atomic E-state index is 0.179. The number of para-hydroxylation sites is 1. The number of hydrogen-bond acceptors (Lipinski definition) is 6. The first-order valence-electron chi connectivity index (χ1n) is 8.80. The minimum atomic E-state index is -5.21. The van der Waals surface area contributed by atoms with Crippen LogP contribution in [0.5, 0.6) is 0 Å². The van der Waals surface area contributed by atoms with Crippen molar-refractivity contribution in [3.63, 3.8) is 0 Å². The number of anilines is 1. The number of rotatable bonds is 6. The van der Waals surface area contributed by atoms with Crippen molar-refractivity contribution < 1.29 is 27.5 Å². The molecule has 10 heteroatoms. The van der Waals surface area contributed by atoms with Gasteiger partial charge in [0.15, 0.2) is 5.13 Å². The van der Waals surface area contributed by atoms with Crippen molar-refractivity contribution in [3.8, 4) is 0 Å². The number of methoxy groups -OCH3 is 1. The molecule has 1 aromatic heterocycles. The van der Waals surface area contributed by atoms with Crippen molar-refractivity contribution in [3.05, 3.63) is 59.7 Å². The average molecular weight is 437 g/mol. The van der Waals surface area contributed by atoms with Crippen LogP contribution in [0.15, 0.2) is 48.5 Å². The Morgan fingerprint density at radius 1 is 1.10 bits per heavy atom. The zero-order valence-electron chi connectivity index (χ0n) is 16.0. The highest BCUT2D eigenvalue weighted by Crippen LogP contribution is 2.36. The number of esters is 1. The summed E-state index contributed by atoms with van der Waals surface area (Å²) in [6.45, 7) is 1.77. The molecule has 1 atom stereocenters. The third kappa shape index (κ3) is 4.23. The Hall–Kier alpha value is -3.14. The Morgan fingerprint density at radius 3 is 2.40 bits per heavy atom. The van der Waals surface area contributed by atoms with Gasteiger partial charge >= 0.3 is 17.8 Å². The number of aryl methyl sites for hydroxylation is 1. The van der Waals surface area contributed by atoms with Crippen molar-refractivity contribution >= 4 is 38.6 Å². The highest BCUT2D eigenvalue weighted by molar-refractivity contribution is 7.22. The third-order valence-corrected chi connectivity index (χ3v) is 5.30. The van der Waals surface area contributed by atoms with Crippen LogP contribution >= 0.6 is 11.3 Å². The van der Waals surface area contributed by atoms with Crippen LogP contribution in [0.2, 0.25) is 0 Å². The number of carbonyl (C=O) groups excluding carboxylic acids is 2. The molecule has 0 aliphatic carbocycles. The van der Waals surface area contributed by atoms with Gasteiger partial charge in [-0.3, -0.25) is 4.79 Å². The molecule has 1 heterocycles. The van der Waals surface area contributed by atoms with Gasteiger partial charge in [0.25, 0.3) is 0 Å². The van der Waals surface area contributed by atoms with Gasteiger partial charge in [-0.2, -0.15) is 13.2 Å². The summed E-state index contributed by atoms with van der Waals surface area (Å²) in [6, 6.07) is 13.4. The highest BCUT2D eigenvalue weighted by atomic mass is 32.1. The molecule has 0 saturated heterocycles. The van der Waals surface area contributed by atoms with E-state index in [1.54, 1.807) is 60.8 Å². The van der Waals surface area contributed by atoms with E-state index in [1.165, 1.54) is 0 Å². The Bertz CT molecular complexity index is 1070. The molecule has 2 aromatic carbocycles. The minimum Gasteiger partial charge on any atom is -0.466 e. The van der Waals surface area contributed by atoms with Crippen molar-refractivity contribution in [2.24, 2.45) is 0 Å². The summed E-state index contributed by atoms with van der Waals surface area (Å²) >= 11 is 0.932. The maximum absolute atomic E-state index is 14.1. The fraction of sp³-hybridized carbons (Fsp3) is 0.250. The number of alkyl halides is 3. The van der Waals surface area contributed by atoms with Gasteiger partial charge in [0, 0.05) is 0 Å².